The van der Waals surface area contributed by atoms with Crippen molar-refractivity contribution in [2.24, 2.45) is 0 Å². The number of hydrogen-bond donors (Lipinski definition) is 0. The first kappa shape index (κ1) is 41.1. The normalized spacial score (nSPS) is 14.0. The second-order valence-corrected chi connectivity index (χ2v) is 18.4. The van der Waals surface area contributed by atoms with E-state index in [0.717, 1.165) is 24.2 Å². The van der Waals surface area contributed by atoms with Crippen molar-refractivity contribution < 1.29 is 0 Å². The van der Waals surface area contributed by atoms with Crippen LogP contribution < -0.4 is 9.80 Å². The minimum atomic E-state index is -0.129. The summed E-state index contributed by atoms with van der Waals surface area (Å²) in [5, 5.41) is 0. The first-order chi connectivity index (χ1) is 32.4. The van der Waals surface area contributed by atoms with Crippen LogP contribution in [0.3, 0.4) is 0 Å². The van der Waals surface area contributed by atoms with E-state index in [9.17, 15) is 0 Å². The molecule has 2 aliphatic rings. The summed E-state index contributed by atoms with van der Waals surface area (Å²) >= 11 is 0. The Morgan fingerprint density at radius 1 is 0.379 bits per heavy atom. The van der Waals surface area contributed by atoms with Crippen molar-refractivity contribution in [3.05, 3.63) is 252 Å². The minimum absolute atomic E-state index is 0.0810. The molecule has 0 aromatic heterocycles. The van der Waals surface area contributed by atoms with Gasteiger partial charge in [0.05, 0.1) is 17.1 Å². The second kappa shape index (κ2) is 16.7. The molecule has 1 aliphatic heterocycles. The highest BCUT2D eigenvalue weighted by molar-refractivity contribution is 5.95. The molecule has 0 saturated carbocycles. The molecule has 1 heterocycles. The van der Waals surface area contributed by atoms with Gasteiger partial charge in [-0.2, -0.15) is 0 Å². The van der Waals surface area contributed by atoms with Gasteiger partial charge < -0.3 is 9.80 Å². The first-order valence-corrected chi connectivity index (χ1v) is 23.5. The third-order valence-corrected chi connectivity index (χ3v) is 14.5. The molecule has 9 aromatic rings. The third-order valence-electron chi connectivity index (χ3n) is 14.5. The molecular weight excluding hydrogens is 797 g/mol. The summed E-state index contributed by atoms with van der Waals surface area (Å²) in [5.41, 5.74) is 22.3. The molecule has 0 amide bonds. The molecule has 0 atom stereocenters. The molecule has 0 bridgehead atoms. The summed E-state index contributed by atoms with van der Waals surface area (Å²) in [7, 11) is 0. The van der Waals surface area contributed by atoms with E-state index in [-0.39, 0.29) is 10.8 Å². The highest BCUT2D eigenvalue weighted by Crippen LogP contribution is 2.56. The van der Waals surface area contributed by atoms with E-state index in [2.05, 4.69) is 268 Å². The molecule has 0 unspecified atom stereocenters. The Hall–Kier alpha value is -7.68. The van der Waals surface area contributed by atoms with Gasteiger partial charge in [0.25, 0.3) is 0 Å². The third kappa shape index (κ3) is 6.88. The molecule has 2 nitrogen and oxygen atoms in total. The maximum absolute atomic E-state index is 2.48. The molecule has 0 N–H and O–H groups in total. The average Bonchev–Trinajstić information content (AvgIpc) is 3.65. The van der Waals surface area contributed by atoms with Crippen molar-refractivity contribution in [3.8, 4) is 33.4 Å². The summed E-state index contributed by atoms with van der Waals surface area (Å²) in [6.07, 6.45) is 6.61. The Morgan fingerprint density at radius 2 is 0.879 bits per heavy atom. The Bertz CT molecular complexity index is 3140. The van der Waals surface area contributed by atoms with Gasteiger partial charge in [0.15, 0.2) is 0 Å². The topological polar surface area (TPSA) is 6.48 Å². The van der Waals surface area contributed by atoms with Gasteiger partial charge in [0, 0.05) is 33.5 Å². The predicted molar refractivity (Wildman–Crippen MR) is 281 cm³/mol. The second-order valence-electron chi connectivity index (χ2n) is 18.4. The molecular formula is C64H54N2. The van der Waals surface area contributed by atoms with E-state index >= 15 is 0 Å². The van der Waals surface area contributed by atoms with Gasteiger partial charge in [-0.1, -0.05) is 198 Å². The maximum atomic E-state index is 2.48. The van der Waals surface area contributed by atoms with Gasteiger partial charge in [-0.15, -0.1) is 0 Å². The lowest BCUT2D eigenvalue weighted by Gasteiger charge is -2.42. The predicted octanol–water partition coefficient (Wildman–Crippen LogP) is 17.9. The molecule has 0 spiro atoms. The van der Waals surface area contributed by atoms with Crippen molar-refractivity contribution in [1.29, 1.82) is 0 Å². The van der Waals surface area contributed by atoms with Crippen LogP contribution in [0.25, 0.3) is 45.5 Å². The zero-order valence-corrected chi connectivity index (χ0v) is 38.2. The van der Waals surface area contributed by atoms with Gasteiger partial charge >= 0.3 is 0 Å². The number of hydrogen-bond acceptors (Lipinski definition) is 2. The van der Waals surface area contributed by atoms with Crippen LogP contribution in [0.4, 0.5) is 34.1 Å². The molecule has 0 radical (unpaired) electrons. The summed E-state index contributed by atoms with van der Waals surface area (Å²) in [5.74, 6) is 0. The van der Waals surface area contributed by atoms with Crippen LogP contribution in [0.5, 0.6) is 0 Å². The van der Waals surface area contributed by atoms with E-state index in [4.69, 9.17) is 0 Å². The molecule has 320 valence electrons. The van der Waals surface area contributed by atoms with E-state index in [1.54, 1.807) is 0 Å². The lowest BCUT2D eigenvalue weighted by molar-refractivity contribution is 0.490. The lowest BCUT2D eigenvalue weighted by atomic mass is 9.73. The average molecular weight is 851 g/mol. The number of benzene rings is 9. The van der Waals surface area contributed by atoms with Crippen LogP contribution in [0.1, 0.15) is 73.9 Å². The van der Waals surface area contributed by atoms with Gasteiger partial charge in [-0.05, 0) is 135 Å². The van der Waals surface area contributed by atoms with Crippen LogP contribution >= 0.6 is 0 Å². The largest absolute Gasteiger partial charge is 0.310 e. The standard InChI is InChI=1S/C64H54N2/c1-5-64(6-2)58-42-46(34-39-53(58)54-40-38-52(44-59(54)64)65(50-22-12-8-13-23-50)51-24-14-9-15-25-51)31-30-45-32-35-48(36-33-45)55-43-49(47-20-10-7-11-21-47)37-41-60(55)66-61-28-18-16-26-56(61)63(3,4)57-27-17-19-29-62(57)66/h7-44H,5-6H2,1-4H3/b31-30+. The van der Waals surface area contributed by atoms with Gasteiger partial charge in [0.1, 0.15) is 0 Å². The Kier molecular flexibility index (Phi) is 10.4. The highest BCUT2D eigenvalue weighted by atomic mass is 15.2. The number of para-hydroxylation sites is 4. The molecule has 9 aromatic carbocycles. The van der Waals surface area contributed by atoms with Crippen molar-refractivity contribution in [2.45, 2.75) is 51.4 Å². The van der Waals surface area contributed by atoms with Crippen molar-refractivity contribution in [1.82, 2.24) is 0 Å². The molecule has 11 rings (SSSR count). The van der Waals surface area contributed by atoms with Crippen LogP contribution in [-0.2, 0) is 10.8 Å². The molecule has 1 aliphatic carbocycles. The Labute approximate surface area is 390 Å². The zero-order chi connectivity index (χ0) is 44.8. The summed E-state index contributed by atoms with van der Waals surface area (Å²) in [6.45, 7) is 9.41. The smallest absolute Gasteiger partial charge is 0.0540 e. The van der Waals surface area contributed by atoms with Crippen LogP contribution in [0, 0.1) is 0 Å². The van der Waals surface area contributed by atoms with Crippen molar-refractivity contribution in [3.63, 3.8) is 0 Å². The van der Waals surface area contributed by atoms with Gasteiger partial charge in [-0.3, -0.25) is 0 Å². The zero-order valence-electron chi connectivity index (χ0n) is 38.2. The first-order valence-electron chi connectivity index (χ1n) is 23.5. The van der Waals surface area contributed by atoms with E-state index in [0.29, 0.717) is 0 Å². The summed E-state index contributed by atoms with van der Waals surface area (Å²) < 4.78 is 0. The molecule has 0 saturated heterocycles. The Balaban J connectivity index is 0.938. The fourth-order valence-electron chi connectivity index (χ4n) is 11.0. The molecule has 2 heteroatoms. The molecule has 0 fully saturated rings. The van der Waals surface area contributed by atoms with Crippen LogP contribution in [0.15, 0.2) is 218 Å². The fraction of sp³-hybridized carbons (Fsp3) is 0.125. The highest BCUT2D eigenvalue weighted by Gasteiger charge is 2.41. The van der Waals surface area contributed by atoms with E-state index in [1.165, 1.54) is 89.5 Å². The molecule has 66 heavy (non-hydrogen) atoms. The summed E-state index contributed by atoms with van der Waals surface area (Å²) in [4.78, 5) is 4.86. The fourth-order valence-corrected chi connectivity index (χ4v) is 11.0. The van der Waals surface area contributed by atoms with Crippen molar-refractivity contribution >= 4 is 46.3 Å². The number of rotatable bonds is 10. The lowest BCUT2D eigenvalue weighted by Crippen LogP contribution is -2.30. The van der Waals surface area contributed by atoms with Crippen molar-refractivity contribution in [2.75, 3.05) is 9.80 Å². The maximum Gasteiger partial charge on any atom is 0.0540 e. The SMILES string of the molecule is CCC1(CC)c2cc(/C=C/c3ccc(-c4cc(-c5ccccc5)ccc4N4c5ccccc5C(C)(C)c5ccccc54)cc3)ccc2-c2ccc(N(c3ccccc3)c3ccccc3)cc21. The van der Waals surface area contributed by atoms with E-state index in [1.807, 2.05) is 0 Å². The summed E-state index contributed by atoms with van der Waals surface area (Å²) in [6, 6.07) is 80.3. The van der Waals surface area contributed by atoms with Crippen LogP contribution in [0.2, 0.25) is 0 Å². The Morgan fingerprint density at radius 3 is 1.48 bits per heavy atom. The number of anilines is 6. The number of fused-ring (bicyclic) bond motifs is 5. The van der Waals surface area contributed by atoms with Crippen LogP contribution in [-0.4, -0.2) is 0 Å². The minimum Gasteiger partial charge on any atom is -0.310 e. The monoisotopic (exact) mass is 850 g/mol. The number of nitrogens with zero attached hydrogens (tertiary/aromatic N) is 2. The van der Waals surface area contributed by atoms with Gasteiger partial charge in [0.2, 0.25) is 0 Å². The quantitative estimate of drug-likeness (QED) is 0.127. The van der Waals surface area contributed by atoms with Gasteiger partial charge in [-0.25, -0.2) is 0 Å². The van der Waals surface area contributed by atoms with E-state index < -0.39 is 0 Å².